The van der Waals surface area contributed by atoms with Crippen LogP contribution in [-0.4, -0.2) is 42.1 Å². The number of hydrogen-bond donors (Lipinski definition) is 4. The van der Waals surface area contributed by atoms with Crippen molar-refractivity contribution in [3.8, 4) is 0 Å². The molecule has 0 saturated carbocycles. The molecular formula is C11H21N3O4. The van der Waals surface area contributed by atoms with Crippen LogP contribution in [-0.2, 0) is 9.59 Å². The van der Waals surface area contributed by atoms with Crippen LogP contribution in [0.5, 0.6) is 0 Å². The first-order valence-electron chi connectivity index (χ1n) is 5.92. The molecule has 18 heavy (non-hydrogen) atoms. The molecular weight excluding hydrogens is 238 g/mol. The Hall–Kier alpha value is -1.79. The average Bonchev–Trinajstić information content (AvgIpc) is 2.25. The fourth-order valence-electron chi connectivity index (χ4n) is 1.28. The maximum Gasteiger partial charge on any atom is 0.326 e. The van der Waals surface area contributed by atoms with Crippen LogP contribution >= 0.6 is 0 Å². The van der Waals surface area contributed by atoms with Crippen molar-refractivity contribution in [2.24, 2.45) is 5.92 Å². The maximum absolute atomic E-state index is 11.4. The van der Waals surface area contributed by atoms with Gasteiger partial charge in [-0.15, -0.1) is 0 Å². The van der Waals surface area contributed by atoms with Crippen LogP contribution in [0.1, 0.15) is 27.2 Å². The highest BCUT2D eigenvalue weighted by molar-refractivity contribution is 5.83. The fourth-order valence-corrected chi connectivity index (χ4v) is 1.28. The molecule has 0 aromatic heterocycles. The van der Waals surface area contributed by atoms with Crippen LogP contribution in [0.3, 0.4) is 0 Å². The zero-order valence-corrected chi connectivity index (χ0v) is 10.9. The Morgan fingerprint density at radius 1 is 1.17 bits per heavy atom. The van der Waals surface area contributed by atoms with E-state index in [2.05, 4.69) is 16.0 Å². The van der Waals surface area contributed by atoms with Crippen LogP contribution < -0.4 is 16.0 Å². The summed E-state index contributed by atoms with van der Waals surface area (Å²) in [6.07, 6.45) is 0.167. The summed E-state index contributed by atoms with van der Waals surface area (Å²) in [4.78, 5) is 33.3. The summed E-state index contributed by atoms with van der Waals surface area (Å²) in [7, 11) is 0. The molecule has 7 heteroatoms. The highest BCUT2D eigenvalue weighted by Crippen LogP contribution is 2.01. The van der Waals surface area contributed by atoms with E-state index in [0.717, 1.165) is 0 Å². The van der Waals surface area contributed by atoms with E-state index in [1.807, 2.05) is 0 Å². The number of carboxylic acids is 1. The van der Waals surface area contributed by atoms with Crippen molar-refractivity contribution in [2.45, 2.75) is 33.2 Å². The lowest BCUT2D eigenvalue weighted by atomic mass is 10.1. The van der Waals surface area contributed by atoms with Crippen LogP contribution in [0.4, 0.5) is 4.79 Å². The third-order valence-electron chi connectivity index (χ3n) is 2.23. The number of urea groups is 1. The number of aliphatic carboxylic acids is 1. The van der Waals surface area contributed by atoms with E-state index < -0.39 is 18.0 Å². The van der Waals surface area contributed by atoms with Gasteiger partial charge < -0.3 is 21.1 Å². The molecule has 3 amide bonds. The molecule has 0 radical (unpaired) electrons. The monoisotopic (exact) mass is 259 g/mol. The number of amides is 3. The summed E-state index contributed by atoms with van der Waals surface area (Å²) < 4.78 is 0. The van der Waals surface area contributed by atoms with Gasteiger partial charge >= 0.3 is 12.0 Å². The van der Waals surface area contributed by atoms with Crippen molar-refractivity contribution >= 4 is 17.9 Å². The zero-order valence-electron chi connectivity index (χ0n) is 10.9. The Kier molecular flexibility index (Phi) is 7.50. The van der Waals surface area contributed by atoms with Gasteiger partial charge in [0.05, 0.1) is 0 Å². The quantitative estimate of drug-likeness (QED) is 0.513. The van der Waals surface area contributed by atoms with Crippen LogP contribution in [0.15, 0.2) is 0 Å². The molecule has 1 atom stereocenters. The molecule has 0 spiro atoms. The molecule has 0 saturated heterocycles. The van der Waals surface area contributed by atoms with Gasteiger partial charge in [0.25, 0.3) is 0 Å². The van der Waals surface area contributed by atoms with Gasteiger partial charge in [0.2, 0.25) is 5.91 Å². The second-order valence-corrected chi connectivity index (χ2v) is 4.16. The molecule has 0 fully saturated rings. The first-order chi connectivity index (χ1) is 8.38. The topological polar surface area (TPSA) is 108 Å². The number of rotatable bonds is 7. The summed E-state index contributed by atoms with van der Waals surface area (Å²) in [6, 6.07) is -1.52. The van der Waals surface area contributed by atoms with E-state index in [0.29, 0.717) is 6.54 Å². The van der Waals surface area contributed by atoms with Gasteiger partial charge in [-0.3, -0.25) is 4.79 Å². The van der Waals surface area contributed by atoms with Crippen molar-refractivity contribution in [2.75, 3.05) is 13.1 Å². The third-order valence-corrected chi connectivity index (χ3v) is 2.23. The molecule has 7 nitrogen and oxygen atoms in total. The smallest absolute Gasteiger partial charge is 0.326 e. The molecule has 0 aliphatic heterocycles. The SMILES string of the molecule is CCNC(=O)CCNC(=O)N[C@H](C(=O)O)C(C)C. The summed E-state index contributed by atoms with van der Waals surface area (Å²) >= 11 is 0. The minimum absolute atomic E-state index is 0.156. The third kappa shape index (κ3) is 6.72. The van der Waals surface area contributed by atoms with Crippen LogP contribution in [0.25, 0.3) is 0 Å². The second kappa shape index (κ2) is 8.32. The molecule has 0 aliphatic rings. The zero-order chi connectivity index (χ0) is 14.1. The number of nitrogens with one attached hydrogen (secondary N) is 3. The molecule has 0 unspecified atom stereocenters. The first-order valence-corrected chi connectivity index (χ1v) is 5.92. The predicted octanol–water partition coefficient (Wildman–Crippen LogP) is -0.0790. The van der Waals surface area contributed by atoms with Crippen molar-refractivity contribution in [1.82, 2.24) is 16.0 Å². The van der Waals surface area contributed by atoms with Crippen molar-refractivity contribution in [3.63, 3.8) is 0 Å². The van der Waals surface area contributed by atoms with Gasteiger partial charge in [0.15, 0.2) is 0 Å². The van der Waals surface area contributed by atoms with Crippen molar-refractivity contribution in [3.05, 3.63) is 0 Å². The molecule has 104 valence electrons. The summed E-state index contributed by atoms with van der Waals surface area (Å²) in [6.45, 7) is 5.92. The Morgan fingerprint density at radius 2 is 1.78 bits per heavy atom. The summed E-state index contributed by atoms with van der Waals surface area (Å²) in [5.74, 6) is -1.45. The van der Waals surface area contributed by atoms with E-state index >= 15 is 0 Å². The summed E-state index contributed by atoms with van der Waals surface area (Å²) in [5, 5.41) is 16.2. The fraction of sp³-hybridized carbons (Fsp3) is 0.727. The van der Waals surface area contributed by atoms with E-state index in [9.17, 15) is 14.4 Å². The van der Waals surface area contributed by atoms with Crippen LogP contribution in [0.2, 0.25) is 0 Å². The van der Waals surface area contributed by atoms with Gasteiger partial charge in [-0.2, -0.15) is 0 Å². The normalized spacial score (nSPS) is 11.8. The molecule has 0 aromatic rings. The molecule has 0 rings (SSSR count). The lowest BCUT2D eigenvalue weighted by molar-refractivity contribution is -0.140. The van der Waals surface area contributed by atoms with Gasteiger partial charge in [0.1, 0.15) is 6.04 Å². The molecule has 0 aromatic carbocycles. The maximum atomic E-state index is 11.4. The Labute approximate surface area is 106 Å². The first kappa shape index (κ1) is 16.2. The number of carboxylic acid groups (broad SMARTS) is 1. The molecule has 0 heterocycles. The second-order valence-electron chi connectivity index (χ2n) is 4.16. The number of carbonyl (C=O) groups excluding carboxylic acids is 2. The summed E-state index contributed by atoms with van der Waals surface area (Å²) in [5.41, 5.74) is 0. The molecule has 0 aliphatic carbocycles. The van der Waals surface area contributed by atoms with E-state index in [4.69, 9.17) is 5.11 Å². The Bertz CT molecular complexity index is 305. The van der Waals surface area contributed by atoms with Crippen molar-refractivity contribution < 1.29 is 19.5 Å². The molecule has 0 bridgehead atoms. The predicted molar refractivity (Wildman–Crippen MR) is 66.1 cm³/mol. The number of carbonyl (C=O) groups is 3. The van der Waals surface area contributed by atoms with Gasteiger partial charge in [-0.1, -0.05) is 13.8 Å². The minimum atomic E-state index is -1.08. The number of hydrogen-bond acceptors (Lipinski definition) is 3. The van der Waals surface area contributed by atoms with Crippen LogP contribution in [0, 0.1) is 5.92 Å². The lowest BCUT2D eigenvalue weighted by Gasteiger charge is -2.18. The highest BCUT2D eigenvalue weighted by atomic mass is 16.4. The molecule has 4 N–H and O–H groups in total. The highest BCUT2D eigenvalue weighted by Gasteiger charge is 2.23. The Balaban J connectivity index is 3.96. The van der Waals surface area contributed by atoms with E-state index in [1.54, 1.807) is 20.8 Å². The standard InChI is InChI=1S/C11H21N3O4/c1-4-12-8(15)5-6-13-11(18)14-9(7(2)3)10(16)17/h7,9H,4-6H2,1-3H3,(H,12,15)(H,16,17)(H2,13,14,18)/t9-/m0/s1. The van der Waals surface area contributed by atoms with E-state index in [-0.39, 0.29) is 24.8 Å². The van der Waals surface area contributed by atoms with Gasteiger partial charge in [-0.25, -0.2) is 9.59 Å². The van der Waals surface area contributed by atoms with Crippen molar-refractivity contribution in [1.29, 1.82) is 0 Å². The Morgan fingerprint density at radius 3 is 2.22 bits per heavy atom. The minimum Gasteiger partial charge on any atom is -0.480 e. The largest absolute Gasteiger partial charge is 0.480 e. The van der Waals surface area contributed by atoms with Gasteiger partial charge in [0, 0.05) is 19.5 Å². The average molecular weight is 259 g/mol. The van der Waals surface area contributed by atoms with E-state index in [1.165, 1.54) is 0 Å². The lowest BCUT2D eigenvalue weighted by Crippen LogP contribution is -2.49. The van der Waals surface area contributed by atoms with Gasteiger partial charge in [-0.05, 0) is 12.8 Å².